The van der Waals surface area contributed by atoms with E-state index in [0.29, 0.717) is 5.41 Å². The van der Waals surface area contributed by atoms with E-state index in [0.717, 1.165) is 6.54 Å². The van der Waals surface area contributed by atoms with E-state index in [4.69, 9.17) is 0 Å². The van der Waals surface area contributed by atoms with Crippen LogP contribution in [0.25, 0.3) is 0 Å². The highest BCUT2D eigenvalue weighted by Gasteiger charge is 2.31. The van der Waals surface area contributed by atoms with E-state index in [9.17, 15) is 4.79 Å². The van der Waals surface area contributed by atoms with Crippen molar-refractivity contribution in [3.63, 3.8) is 0 Å². The van der Waals surface area contributed by atoms with Gasteiger partial charge in [0.15, 0.2) is 0 Å². The molecule has 76 valence electrons. The van der Waals surface area contributed by atoms with Gasteiger partial charge in [-0.25, -0.2) is 4.79 Å². The fourth-order valence-electron chi connectivity index (χ4n) is 2.14. The van der Waals surface area contributed by atoms with Crippen molar-refractivity contribution in [2.24, 2.45) is 5.41 Å². The third kappa shape index (κ3) is 2.61. The largest absolute Gasteiger partial charge is 0.341 e. The Morgan fingerprint density at radius 2 is 2.00 bits per heavy atom. The van der Waals surface area contributed by atoms with Gasteiger partial charge in [0.2, 0.25) is 0 Å². The fraction of sp³-hybridized carbons (Fsp3) is 0.900. The molecule has 13 heavy (non-hydrogen) atoms. The minimum Gasteiger partial charge on any atom is -0.341 e. The Bertz CT molecular complexity index is 174. The van der Waals surface area contributed by atoms with Gasteiger partial charge in [-0.05, 0) is 24.7 Å². The first-order valence-electron chi connectivity index (χ1n) is 5.18. The van der Waals surface area contributed by atoms with Crippen molar-refractivity contribution in [2.75, 3.05) is 13.6 Å². The Labute approximate surface area is 80.3 Å². The number of carbonyl (C=O) groups is 1. The zero-order valence-electron chi connectivity index (χ0n) is 8.65. The van der Waals surface area contributed by atoms with Gasteiger partial charge in [-0.2, -0.15) is 0 Å². The van der Waals surface area contributed by atoms with Crippen LogP contribution in [0.4, 0.5) is 4.79 Å². The summed E-state index contributed by atoms with van der Waals surface area (Å²) in [6.07, 6.45) is 6.37. The van der Waals surface area contributed by atoms with Gasteiger partial charge in [0, 0.05) is 13.6 Å². The topological polar surface area (TPSA) is 41.1 Å². The van der Waals surface area contributed by atoms with Crippen molar-refractivity contribution in [1.82, 2.24) is 10.6 Å². The van der Waals surface area contributed by atoms with E-state index in [1.54, 1.807) is 7.05 Å². The molecule has 0 bridgehead atoms. The molecule has 0 heterocycles. The maximum atomic E-state index is 11.0. The first-order chi connectivity index (χ1) is 6.22. The average molecular weight is 184 g/mol. The van der Waals surface area contributed by atoms with Crippen LogP contribution in [0.5, 0.6) is 0 Å². The van der Waals surface area contributed by atoms with E-state index < -0.39 is 0 Å². The lowest BCUT2D eigenvalue weighted by molar-refractivity contribution is 0.226. The Balaban J connectivity index is 2.35. The van der Waals surface area contributed by atoms with Gasteiger partial charge < -0.3 is 10.6 Å². The van der Waals surface area contributed by atoms with E-state index in [-0.39, 0.29) is 6.03 Å². The molecule has 0 atom stereocenters. The smallest absolute Gasteiger partial charge is 0.314 e. The summed E-state index contributed by atoms with van der Waals surface area (Å²) in [5, 5.41) is 5.50. The summed E-state index contributed by atoms with van der Waals surface area (Å²) in [5.41, 5.74) is 0.395. The lowest BCUT2D eigenvalue weighted by atomic mass is 9.83. The van der Waals surface area contributed by atoms with Crippen molar-refractivity contribution in [3.05, 3.63) is 0 Å². The minimum absolute atomic E-state index is 0.0558. The Hall–Kier alpha value is -0.730. The summed E-state index contributed by atoms with van der Waals surface area (Å²) in [4.78, 5) is 11.0. The fourth-order valence-corrected chi connectivity index (χ4v) is 2.14. The molecule has 3 nitrogen and oxygen atoms in total. The normalized spacial score (nSPS) is 19.8. The predicted octanol–water partition coefficient (Wildman–Crippen LogP) is 1.89. The maximum absolute atomic E-state index is 11.0. The number of carbonyl (C=O) groups excluding carboxylic acids is 1. The van der Waals surface area contributed by atoms with Crippen LogP contribution in [-0.4, -0.2) is 19.6 Å². The van der Waals surface area contributed by atoms with Crippen LogP contribution in [0.3, 0.4) is 0 Å². The number of amides is 2. The summed E-state index contributed by atoms with van der Waals surface area (Å²) < 4.78 is 0. The highest BCUT2D eigenvalue weighted by atomic mass is 16.2. The van der Waals surface area contributed by atoms with Crippen LogP contribution in [0.2, 0.25) is 0 Å². The summed E-state index contributed by atoms with van der Waals surface area (Å²) in [5.74, 6) is 0. The highest BCUT2D eigenvalue weighted by Crippen LogP contribution is 2.40. The van der Waals surface area contributed by atoms with Crippen molar-refractivity contribution in [1.29, 1.82) is 0 Å². The van der Waals surface area contributed by atoms with Crippen molar-refractivity contribution in [2.45, 2.75) is 39.0 Å². The Kier molecular flexibility index (Phi) is 3.58. The first-order valence-corrected chi connectivity index (χ1v) is 5.18. The van der Waals surface area contributed by atoms with Gasteiger partial charge in [-0.15, -0.1) is 0 Å². The second-order valence-electron chi connectivity index (χ2n) is 3.99. The van der Waals surface area contributed by atoms with E-state index in [1.807, 2.05) is 0 Å². The maximum Gasteiger partial charge on any atom is 0.314 e. The van der Waals surface area contributed by atoms with Gasteiger partial charge in [0.05, 0.1) is 0 Å². The molecule has 2 amide bonds. The number of hydrogen-bond donors (Lipinski definition) is 2. The van der Waals surface area contributed by atoms with Gasteiger partial charge in [0.25, 0.3) is 0 Å². The number of urea groups is 1. The molecule has 1 rings (SSSR count). The van der Waals surface area contributed by atoms with Gasteiger partial charge in [0.1, 0.15) is 0 Å². The number of rotatable bonds is 3. The molecule has 1 aliphatic carbocycles. The predicted molar refractivity (Wildman–Crippen MR) is 53.7 cm³/mol. The summed E-state index contributed by atoms with van der Waals surface area (Å²) in [6.45, 7) is 3.06. The number of nitrogens with one attached hydrogen (secondary N) is 2. The molecule has 2 N–H and O–H groups in total. The average Bonchev–Trinajstić information content (AvgIpc) is 2.63. The second-order valence-corrected chi connectivity index (χ2v) is 3.99. The molecular formula is C10H20N2O. The molecule has 0 aliphatic heterocycles. The van der Waals surface area contributed by atoms with Crippen LogP contribution >= 0.6 is 0 Å². The summed E-state index contributed by atoms with van der Waals surface area (Å²) >= 11 is 0. The minimum atomic E-state index is -0.0558. The molecule has 0 aromatic carbocycles. The summed E-state index contributed by atoms with van der Waals surface area (Å²) in [7, 11) is 1.66. The molecular weight excluding hydrogens is 164 g/mol. The Morgan fingerprint density at radius 1 is 1.38 bits per heavy atom. The molecule has 0 spiro atoms. The quantitative estimate of drug-likeness (QED) is 0.691. The van der Waals surface area contributed by atoms with Crippen LogP contribution in [0, 0.1) is 5.41 Å². The van der Waals surface area contributed by atoms with Crippen molar-refractivity contribution >= 4 is 6.03 Å². The standard InChI is InChI=1S/C10H20N2O/c1-3-10(6-4-5-7-10)8-12-9(13)11-2/h3-8H2,1-2H3,(H2,11,12,13). The third-order valence-electron chi connectivity index (χ3n) is 3.27. The molecule has 1 aliphatic rings. The Morgan fingerprint density at radius 3 is 2.46 bits per heavy atom. The van der Waals surface area contributed by atoms with Crippen LogP contribution in [0.15, 0.2) is 0 Å². The van der Waals surface area contributed by atoms with Gasteiger partial charge in [-0.3, -0.25) is 0 Å². The lowest BCUT2D eigenvalue weighted by Crippen LogP contribution is -2.40. The van der Waals surface area contributed by atoms with E-state index in [2.05, 4.69) is 17.6 Å². The zero-order chi connectivity index (χ0) is 9.73. The highest BCUT2D eigenvalue weighted by molar-refractivity contribution is 5.73. The van der Waals surface area contributed by atoms with E-state index >= 15 is 0 Å². The molecule has 1 saturated carbocycles. The van der Waals surface area contributed by atoms with Crippen molar-refractivity contribution < 1.29 is 4.79 Å². The molecule has 0 aromatic heterocycles. The van der Waals surface area contributed by atoms with Crippen LogP contribution < -0.4 is 10.6 Å². The van der Waals surface area contributed by atoms with Gasteiger partial charge >= 0.3 is 6.03 Å². The number of hydrogen-bond acceptors (Lipinski definition) is 1. The third-order valence-corrected chi connectivity index (χ3v) is 3.27. The van der Waals surface area contributed by atoms with Crippen molar-refractivity contribution in [3.8, 4) is 0 Å². The summed E-state index contributed by atoms with van der Waals surface area (Å²) in [6, 6.07) is -0.0558. The lowest BCUT2D eigenvalue weighted by Gasteiger charge is -2.27. The van der Waals surface area contributed by atoms with Crippen LogP contribution in [0.1, 0.15) is 39.0 Å². The first kappa shape index (κ1) is 10.4. The molecule has 0 aromatic rings. The molecule has 0 unspecified atom stereocenters. The molecule has 1 fully saturated rings. The van der Waals surface area contributed by atoms with Gasteiger partial charge in [-0.1, -0.05) is 19.8 Å². The van der Waals surface area contributed by atoms with E-state index in [1.165, 1.54) is 32.1 Å². The zero-order valence-corrected chi connectivity index (χ0v) is 8.65. The molecule has 0 saturated heterocycles. The SMILES string of the molecule is CCC1(CNC(=O)NC)CCCC1. The molecule has 0 radical (unpaired) electrons. The monoisotopic (exact) mass is 184 g/mol. The molecule has 3 heteroatoms. The van der Waals surface area contributed by atoms with Crippen LogP contribution in [-0.2, 0) is 0 Å². The second kappa shape index (κ2) is 4.49.